The van der Waals surface area contributed by atoms with E-state index in [-0.39, 0.29) is 5.69 Å². The van der Waals surface area contributed by atoms with E-state index in [0.29, 0.717) is 16.9 Å². The number of nitro groups is 1. The standard InChI is InChI=1S/C11H14BrN3O3/c12-9-5-10(15(17)18)11(16)14(7-9)6-8-1-3-13-4-2-8/h5,7-8,13H,1-4,6H2. The molecule has 1 aromatic heterocycles. The summed E-state index contributed by atoms with van der Waals surface area (Å²) in [5, 5.41) is 14.0. The first-order chi connectivity index (χ1) is 8.58. The van der Waals surface area contributed by atoms with Crippen LogP contribution in [0.3, 0.4) is 0 Å². The lowest BCUT2D eigenvalue weighted by Crippen LogP contribution is -2.32. The van der Waals surface area contributed by atoms with Crippen molar-refractivity contribution in [3.63, 3.8) is 0 Å². The molecule has 0 amide bonds. The van der Waals surface area contributed by atoms with Crippen LogP contribution in [0, 0.1) is 16.0 Å². The van der Waals surface area contributed by atoms with E-state index in [2.05, 4.69) is 21.2 Å². The molecule has 1 saturated heterocycles. The Hall–Kier alpha value is -1.21. The number of aromatic nitrogens is 1. The number of piperidine rings is 1. The maximum absolute atomic E-state index is 11.9. The minimum absolute atomic E-state index is 0.377. The van der Waals surface area contributed by atoms with E-state index < -0.39 is 10.5 Å². The second kappa shape index (κ2) is 5.62. The van der Waals surface area contributed by atoms with Gasteiger partial charge in [-0.05, 0) is 47.8 Å². The number of hydrogen-bond donors (Lipinski definition) is 1. The molecule has 98 valence electrons. The molecule has 1 aliphatic rings. The van der Waals surface area contributed by atoms with Gasteiger partial charge in [-0.1, -0.05) is 0 Å². The van der Waals surface area contributed by atoms with Crippen molar-refractivity contribution in [3.05, 3.63) is 37.2 Å². The van der Waals surface area contributed by atoms with Crippen LogP contribution in [0.5, 0.6) is 0 Å². The fourth-order valence-electron chi connectivity index (χ4n) is 2.19. The Labute approximate surface area is 112 Å². The number of hydrogen-bond acceptors (Lipinski definition) is 4. The summed E-state index contributed by atoms with van der Waals surface area (Å²) in [5.41, 5.74) is -0.903. The Balaban J connectivity index is 2.26. The van der Waals surface area contributed by atoms with E-state index in [0.717, 1.165) is 25.9 Å². The van der Waals surface area contributed by atoms with Crippen molar-refractivity contribution in [3.8, 4) is 0 Å². The van der Waals surface area contributed by atoms with Crippen LogP contribution in [0.25, 0.3) is 0 Å². The van der Waals surface area contributed by atoms with Crippen LogP contribution in [0.4, 0.5) is 5.69 Å². The minimum atomic E-state index is -0.633. The lowest BCUT2D eigenvalue weighted by Gasteiger charge is -2.23. The van der Waals surface area contributed by atoms with E-state index in [4.69, 9.17) is 0 Å². The molecular weight excluding hydrogens is 302 g/mol. The molecule has 0 atom stereocenters. The SMILES string of the molecule is O=c1c([N+](=O)[O-])cc(Br)cn1CC1CCNCC1. The molecule has 0 bridgehead atoms. The Bertz CT molecular complexity index is 509. The van der Waals surface area contributed by atoms with E-state index in [1.807, 2.05) is 0 Å². The minimum Gasteiger partial charge on any atom is -0.317 e. The second-order valence-electron chi connectivity index (χ2n) is 4.45. The van der Waals surface area contributed by atoms with Crippen LogP contribution >= 0.6 is 15.9 Å². The van der Waals surface area contributed by atoms with Gasteiger partial charge in [-0.15, -0.1) is 0 Å². The normalized spacial score (nSPS) is 16.7. The van der Waals surface area contributed by atoms with Crippen LogP contribution < -0.4 is 10.9 Å². The quantitative estimate of drug-likeness (QED) is 0.677. The first-order valence-electron chi connectivity index (χ1n) is 5.83. The van der Waals surface area contributed by atoms with Crippen LogP contribution in [0.1, 0.15) is 12.8 Å². The molecule has 2 heterocycles. The largest absolute Gasteiger partial charge is 0.335 e. The molecule has 0 spiro atoms. The molecular formula is C11H14BrN3O3. The molecule has 1 aromatic rings. The summed E-state index contributed by atoms with van der Waals surface area (Å²) in [6, 6.07) is 1.25. The maximum Gasteiger partial charge on any atom is 0.335 e. The van der Waals surface area contributed by atoms with Gasteiger partial charge in [0.15, 0.2) is 0 Å². The predicted octanol–water partition coefficient (Wildman–Crippen LogP) is 1.52. The number of nitrogens with zero attached hydrogens (tertiary/aromatic N) is 2. The average Bonchev–Trinajstić information content (AvgIpc) is 2.34. The van der Waals surface area contributed by atoms with Crippen molar-refractivity contribution in [1.82, 2.24) is 9.88 Å². The third-order valence-corrected chi connectivity index (χ3v) is 3.58. The fraction of sp³-hybridized carbons (Fsp3) is 0.545. The molecule has 0 saturated carbocycles. The monoisotopic (exact) mass is 315 g/mol. The van der Waals surface area contributed by atoms with Crippen molar-refractivity contribution in [2.45, 2.75) is 19.4 Å². The first kappa shape index (κ1) is 13.2. The van der Waals surface area contributed by atoms with E-state index in [1.54, 1.807) is 6.20 Å². The van der Waals surface area contributed by atoms with Crippen LogP contribution in [0.2, 0.25) is 0 Å². The van der Waals surface area contributed by atoms with Gasteiger partial charge in [-0.25, -0.2) is 0 Å². The van der Waals surface area contributed by atoms with E-state index in [9.17, 15) is 14.9 Å². The highest BCUT2D eigenvalue weighted by Gasteiger charge is 2.19. The molecule has 0 aliphatic carbocycles. The van der Waals surface area contributed by atoms with Gasteiger partial charge in [0.2, 0.25) is 0 Å². The van der Waals surface area contributed by atoms with Crippen LogP contribution in [-0.2, 0) is 6.54 Å². The number of pyridine rings is 1. The van der Waals surface area contributed by atoms with Crippen LogP contribution in [-0.4, -0.2) is 22.6 Å². The zero-order chi connectivity index (χ0) is 13.1. The van der Waals surface area contributed by atoms with Gasteiger partial charge in [0, 0.05) is 23.3 Å². The van der Waals surface area contributed by atoms with Crippen molar-refractivity contribution < 1.29 is 4.92 Å². The highest BCUT2D eigenvalue weighted by atomic mass is 79.9. The molecule has 18 heavy (non-hydrogen) atoms. The van der Waals surface area contributed by atoms with Crippen molar-refractivity contribution >= 4 is 21.6 Å². The summed E-state index contributed by atoms with van der Waals surface area (Å²) in [6.45, 7) is 2.42. The maximum atomic E-state index is 11.9. The molecule has 6 nitrogen and oxygen atoms in total. The van der Waals surface area contributed by atoms with E-state index in [1.165, 1.54) is 10.6 Å². The van der Waals surface area contributed by atoms with Crippen molar-refractivity contribution in [1.29, 1.82) is 0 Å². The van der Waals surface area contributed by atoms with Gasteiger partial charge < -0.3 is 9.88 Å². The highest BCUT2D eigenvalue weighted by Crippen LogP contribution is 2.17. The van der Waals surface area contributed by atoms with Gasteiger partial charge in [-0.2, -0.15) is 0 Å². The Kier molecular flexibility index (Phi) is 4.13. The second-order valence-corrected chi connectivity index (χ2v) is 5.37. The molecule has 1 fully saturated rings. The zero-order valence-electron chi connectivity index (χ0n) is 9.76. The fourth-order valence-corrected chi connectivity index (χ4v) is 2.66. The third kappa shape index (κ3) is 2.97. The smallest absolute Gasteiger partial charge is 0.317 e. The summed E-state index contributed by atoms with van der Waals surface area (Å²) in [6.07, 6.45) is 3.61. The molecule has 0 aromatic carbocycles. The summed E-state index contributed by atoms with van der Waals surface area (Å²) in [4.78, 5) is 22.1. The highest BCUT2D eigenvalue weighted by molar-refractivity contribution is 9.10. The van der Waals surface area contributed by atoms with Gasteiger partial charge >= 0.3 is 11.2 Å². The topological polar surface area (TPSA) is 77.2 Å². The van der Waals surface area contributed by atoms with Crippen LogP contribution in [0.15, 0.2) is 21.5 Å². The van der Waals surface area contributed by atoms with Gasteiger partial charge in [0.05, 0.1) is 4.92 Å². The molecule has 7 heteroatoms. The van der Waals surface area contributed by atoms with Crippen molar-refractivity contribution in [2.75, 3.05) is 13.1 Å². The van der Waals surface area contributed by atoms with Gasteiger partial charge in [-0.3, -0.25) is 14.9 Å². The molecule has 2 rings (SSSR count). The summed E-state index contributed by atoms with van der Waals surface area (Å²) >= 11 is 3.20. The zero-order valence-corrected chi connectivity index (χ0v) is 11.4. The lowest BCUT2D eigenvalue weighted by atomic mass is 9.98. The van der Waals surface area contributed by atoms with Crippen molar-refractivity contribution in [2.24, 2.45) is 5.92 Å². The average molecular weight is 316 g/mol. The predicted molar refractivity (Wildman–Crippen MR) is 70.7 cm³/mol. The summed E-state index contributed by atoms with van der Waals surface area (Å²) < 4.78 is 2.00. The number of nitrogens with one attached hydrogen (secondary N) is 1. The summed E-state index contributed by atoms with van der Waals surface area (Å²) in [5.74, 6) is 0.401. The van der Waals surface area contributed by atoms with Gasteiger partial charge in [0.1, 0.15) is 0 Å². The molecule has 0 unspecified atom stereocenters. The lowest BCUT2D eigenvalue weighted by molar-refractivity contribution is -0.386. The number of rotatable bonds is 3. The summed E-state index contributed by atoms with van der Waals surface area (Å²) in [7, 11) is 0. The van der Waals surface area contributed by atoms with E-state index >= 15 is 0 Å². The molecule has 1 aliphatic heterocycles. The number of halogens is 1. The Morgan fingerprint density at radius 1 is 1.50 bits per heavy atom. The first-order valence-corrected chi connectivity index (χ1v) is 6.62. The Morgan fingerprint density at radius 3 is 2.78 bits per heavy atom. The van der Waals surface area contributed by atoms with Gasteiger partial charge in [0.25, 0.3) is 0 Å². The Morgan fingerprint density at radius 2 is 2.17 bits per heavy atom. The third-order valence-electron chi connectivity index (χ3n) is 3.14. The molecule has 1 N–H and O–H groups in total. The molecule has 0 radical (unpaired) electrons.